The number of rotatable bonds is 5. The van der Waals surface area contributed by atoms with Crippen molar-refractivity contribution >= 4 is 34.6 Å². The molecule has 0 atom stereocenters. The van der Waals surface area contributed by atoms with Crippen LogP contribution in [0, 0.1) is 0 Å². The molecule has 0 bridgehead atoms. The SMILES string of the molecule is COC(=O)c1ccc(C(=O)Nc2ccccc2CN2CCc3ccccc32)s1. The van der Waals surface area contributed by atoms with Gasteiger partial charge in [0.1, 0.15) is 4.88 Å². The van der Waals surface area contributed by atoms with Crippen LogP contribution in [0.4, 0.5) is 11.4 Å². The van der Waals surface area contributed by atoms with Crippen LogP contribution in [0.5, 0.6) is 0 Å². The van der Waals surface area contributed by atoms with E-state index >= 15 is 0 Å². The van der Waals surface area contributed by atoms with Gasteiger partial charge in [0.05, 0.1) is 12.0 Å². The van der Waals surface area contributed by atoms with Gasteiger partial charge in [-0.3, -0.25) is 4.79 Å². The zero-order valence-electron chi connectivity index (χ0n) is 15.5. The second-order valence-electron chi connectivity index (χ2n) is 6.57. The second-order valence-corrected chi connectivity index (χ2v) is 7.65. The summed E-state index contributed by atoms with van der Waals surface area (Å²) in [5, 5.41) is 2.99. The van der Waals surface area contributed by atoms with Crippen molar-refractivity contribution in [3.63, 3.8) is 0 Å². The molecule has 5 nitrogen and oxygen atoms in total. The fourth-order valence-corrected chi connectivity index (χ4v) is 4.23. The Bertz CT molecular complexity index is 1030. The molecule has 1 amide bonds. The third-order valence-electron chi connectivity index (χ3n) is 4.83. The summed E-state index contributed by atoms with van der Waals surface area (Å²) in [7, 11) is 1.33. The molecule has 0 fully saturated rings. The summed E-state index contributed by atoms with van der Waals surface area (Å²) in [5.41, 5.74) is 4.45. The molecule has 28 heavy (non-hydrogen) atoms. The van der Waals surface area contributed by atoms with E-state index < -0.39 is 5.97 Å². The van der Waals surface area contributed by atoms with Crippen molar-refractivity contribution in [2.75, 3.05) is 23.9 Å². The fraction of sp³-hybridized carbons (Fsp3) is 0.182. The zero-order valence-corrected chi connectivity index (χ0v) is 16.3. The normalized spacial score (nSPS) is 12.5. The van der Waals surface area contributed by atoms with Gasteiger partial charge in [0.25, 0.3) is 5.91 Å². The van der Waals surface area contributed by atoms with Crippen LogP contribution < -0.4 is 10.2 Å². The predicted molar refractivity (Wildman–Crippen MR) is 111 cm³/mol. The number of ether oxygens (including phenoxy) is 1. The quantitative estimate of drug-likeness (QED) is 0.656. The summed E-state index contributed by atoms with van der Waals surface area (Å²) in [6.45, 7) is 1.69. The van der Waals surface area contributed by atoms with Gasteiger partial charge in [0.15, 0.2) is 0 Å². The maximum Gasteiger partial charge on any atom is 0.348 e. The van der Waals surface area contributed by atoms with E-state index in [4.69, 9.17) is 4.74 Å². The number of hydrogen-bond acceptors (Lipinski definition) is 5. The van der Waals surface area contributed by atoms with E-state index in [9.17, 15) is 9.59 Å². The molecule has 0 saturated carbocycles. The smallest absolute Gasteiger partial charge is 0.348 e. The molecule has 0 spiro atoms. The van der Waals surface area contributed by atoms with Gasteiger partial charge in [0.2, 0.25) is 0 Å². The highest BCUT2D eigenvalue weighted by atomic mass is 32.1. The lowest BCUT2D eigenvalue weighted by molar-refractivity contribution is 0.0606. The van der Waals surface area contributed by atoms with Crippen LogP contribution in [0.25, 0.3) is 0 Å². The van der Waals surface area contributed by atoms with Gasteiger partial charge in [-0.15, -0.1) is 11.3 Å². The number of hydrogen-bond donors (Lipinski definition) is 1. The molecule has 2 aromatic carbocycles. The first-order valence-corrected chi connectivity index (χ1v) is 9.87. The second kappa shape index (κ2) is 7.86. The van der Waals surface area contributed by atoms with Gasteiger partial charge >= 0.3 is 5.97 Å². The van der Waals surface area contributed by atoms with Gasteiger partial charge in [-0.25, -0.2) is 4.79 Å². The van der Waals surface area contributed by atoms with Crippen LogP contribution in [-0.2, 0) is 17.7 Å². The van der Waals surface area contributed by atoms with Crippen molar-refractivity contribution in [1.82, 2.24) is 0 Å². The highest BCUT2D eigenvalue weighted by Crippen LogP contribution is 2.30. The number of carbonyl (C=O) groups excluding carboxylic acids is 2. The van der Waals surface area contributed by atoms with Gasteiger partial charge in [-0.1, -0.05) is 36.4 Å². The maximum absolute atomic E-state index is 12.7. The molecule has 3 aromatic rings. The molecule has 4 rings (SSSR count). The van der Waals surface area contributed by atoms with E-state index in [1.54, 1.807) is 12.1 Å². The molecular formula is C22H20N2O3S. The van der Waals surface area contributed by atoms with Crippen LogP contribution in [0.1, 0.15) is 30.5 Å². The number of carbonyl (C=O) groups is 2. The molecule has 0 saturated heterocycles. The number of benzene rings is 2. The highest BCUT2D eigenvalue weighted by molar-refractivity contribution is 7.16. The Labute approximate surface area is 167 Å². The summed E-state index contributed by atoms with van der Waals surface area (Å²) < 4.78 is 4.70. The average molecular weight is 392 g/mol. The zero-order chi connectivity index (χ0) is 19.5. The molecule has 1 aromatic heterocycles. The van der Waals surface area contributed by atoms with Crippen LogP contribution in [0.2, 0.25) is 0 Å². The molecule has 2 heterocycles. The van der Waals surface area contributed by atoms with E-state index in [-0.39, 0.29) is 5.91 Å². The minimum Gasteiger partial charge on any atom is -0.465 e. The van der Waals surface area contributed by atoms with Gasteiger partial charge < -0.3 is 15.0 Å². The Morgan fingerprint density at radius 3 is 2.64 bits per heavy atom. The minimum absolute atomic E-state index is 0.227. The standard InChI is InChI=1S/C22H20N2O3S/c1-27-22(26)20-11-10-19(28-20)21(25)23-17-8-4-2-7-16(17)14-24-13-12-15-6-3-5-9-18(15)24/h2-11H,12-14H2,1H3,(H,23,25). The average Bonchev–Trinajstić information content (AvgIpc) is 3.37. The van der Waals surface area contributed by atoms with E-state index in [0.29, 0.717) is 9.75 Å². The van der Waals surface area contributed by atoms with E-state index in [1.807, 2.05) is 24.3 Å². The lowest BCUT2D eigenvalue weighted by atomic mass is 10.1. The summed E-state index contributed by atoms with van der Waals surface area (Å²) in [5.74, 6) is -0.661. The van der Waals surface area contributed by atoms with Crippen molar-refractivity contribution in [3.8, 4) is 0 Å². The number of anilines is 2. The predicted octanol–water partition coefficient (Wildman–Crippen LogP) is 4.35. The fourth-order valence-electron chi connectivity index (χ4n) is 3.41. The van der Waals surface area contributed by atoms with E-state index in [2.05, 4.69) is 34.5 Å². The van der Waals surface area contributed by atoms with Crippen molar-refractivity contribution in [2.24, 2.45) is 0 Å². The molecule has 0 radical (unpaired) electrons. The lowest BCUT2D eigenvalue weighted by Gasteiger charge is -2.21. The lowest BCUT2D eigenvalue weighted by Crippen LogP contribution is -2.21. The Kier molecular flexibility index (Phi) is 5.12. The Hall–Kier alpha value is -3.12. The number of thiophene rings is 1. The Morgan fingerprint density at radius 2 is 1.79 bits per heavy atom. The molecule has 1 aliphatic heterocycles. The molecule has 0 aliphatic carbocycles. The van der Waals surface area contributed by atoms with Crippen molar-refractivity contribution in [1.29, 1.82) is 0 Å². The highest BCUT2D eigenvalue weighted by Gasteiger charge is 2.20. The summed E-state index contributed by atoms with van der Waals surface area (Å²) in [4.78, 5) is 27.5. The van der Waals surface area contributed by atoms with Crippen LogP contribution in [-0.4, -0.2) is 25.5 Å². The topological polar surface area (TPSA) is 58.6 Å². The number of esters is 1. The van der Waals surface area contributed by atoms with Crippen LogP contribution in [0.15, 0.2) is 60.7 Å². The third kappa shape index (κ3) is 3.64. The Morgan fingerprint density at radius 1 is 1.04 bits per heavy atom. The Balaban J connectivity index is 1.51. The summed E-state index contributed by atoms with van der Waals surface area (Å²) in [6, 6.07) is 19.5. The molecule has 1 aliphatic rings. The van der Waals surface area contributed by atoms with Crippen molar-refractivity contribution < 1.29 is 14.3 Å². The molecular weight excluding hydrogens is 372 g/mol. The van der Waals surface area contributed by atoms with Gasteiger partial charge in [0, 0.05) is 24.5 Å². The molecule has 0 unspecified atom stereocenters. The maximum atomic E-state index is 12.7. The molecule has 6 heteroatoms. The van der Waals surface area contributed by atoms with Crippen LogP contribution >= 0.6 is 11.3 Å². The number of fused-ring (bicyclic) bond motifs is 1. The number of para-hydroxylation sites is 2. The van der Waals surface area contributed by atoms with Crippen molar-refractivity contribution in [3.05, 3.63) is 81.5 Å². The van der Waals surface area contributed by atoms with Gasteiger partial charge in [-0.2, -0.15) is 0 Å². The van der Waals surface area contributed by atoms with E-state index in [1.165, 1.54) is 18.4 Å². The van der Waals surface area contributed by atoms with Crippen molar-refractivity contribution in [2.45, 2.75) is 13.0 Å². The van der Waals surface area contributed by atoms with Gasteiger partial charge in [-0.05, 0) is 41.8 Å². The third-order valence-corrected chi connectivity index (χ3v) is 5.89. The van der Waals surface area contributed by atoms with E-state index in [0.717, 1.165) is 42.1 Å². The summed E-state index contributed by atoms with van der Waals surface area (Å²) in [6.07, 6.45) is 1.04. The first-order chi connectivity index (χ1) is 13.7. The number of nitrogens with zero attached hydrogens (tertiary/aromatic N) is 1. The number of methoxy groups -OCH3 is 1. The number of nitrogens with one attached hydrogen (secondary N) is 1. The van der Waals surface area contributed by atoms with Crippen LogP contribution in [0.3, 0.4) is 0 Å². The first kappa shape index (κ1) is 18.3. The monoisotopic (exact) mass is 392 g/mol. The number of amides is 1. The molecule has 1 N–H and O–H groups in total. The first-order valence-electron chi connectivity index (χ1n) is 9.06. The minimum atomic E-state index is -0.433. The molecule has 142 valence electrons. The summed E-state index contributed by atoms with van der Waals surface area (Å²) >= 11 is 1.13. The largest absolute Gasteiger partial charge is 0.465 e.